The van der Waals surface area contributed by atoms with Crippen LogP contribution in [-0.4, -0.2) is 29.4 Å². The smallest absolute Gasteiger partial charge is 0.272 e. The fourth-order valence-electron chi connectivity index (χ4n) is 1.40. The normalized spacial score (nSPS) is 16.1. The summed E-state index contributed by atoms with van der Waals surface area (Å²) in [6.07, 6.45) is 2.58. The van der Waals surface area contributed by atoms with Gasteiger partial charge in [-0.3, -0.25) is 9.78 Å². The van der Waals surface area contributed by atoms with Crippen LogP contribution in [0.1, 0.15) is 16.1 Å². The Labute approximate surface area is 71.0 Å². The van der Waals surface area contributed by atoms with Crippen molar-refractivity contribution < 1.29 is 4.79 Å². The maximum absolute atomic E-state index is 11.5. The van der Waals surface area contributed by atoms with Crippen molar-refractivity contribution in [3.63, 3.8) is 0 Å². The van der Waals surface area contributed by atoms with Crippen molar-refractivity contribution in [1.82, 2.24) is 9.88 Å². The number of hydrogen-bond acceptors (Lipinski definition) is 2. The third-order valence-electron chi connectivity index (χ3n) is 2.16. The highest BCUT2D eigenvalue weighted by Crippen LogP contribution is 2.14. The SMILES string of the molecule is CN1CCc2cccnc2C1=O. The van der Waals surface area contributed by atoms with Gasteiger partial charge in [-0.25, -0.2) is 0 Å². The van der Waals surface area contributed by atoms with Gasteiger partial charge in [-0.15, -0.1) is 0 Å². The number of fused-ring (bicyclic) bond motifs is 1. The number of aromatic nitrogens is 1. The lowest BCUT2D eigenvalue weighted by molar-refractivity contribution is 0.0774. The van der Waals surface area contributed by atoms with Crippen LogP contribution in [0.5, 0.6) is 0 Å². The van der Waals surface area contributed by atoms with Gasteiger partial charge in [0.05, 0.1) is 0 Å². The number of hydrogen-bond donors (Lipinski definition) is 0. The number of nitrogens with zero attached hydrogens (tertiary/aromatic N) is 2. The van der Waals surface area contributed by atoms with Crippen molar-refractivity contribution in [2.24, 2.45) is 0 Å². The summed E-state index contributed by atoms with van der Waals surface area (Å²) in [5.41, 5.74) is 1.69. The quantitative estimate of drug-likeness (QED) is 0.563. The molecule has 1 aliphatic heterocycles. The Morgan fingerprint density at radius 1 is 1.58 bits per heavy atom. The molecule has 3 heteroatoms. The van der Waals surface area contributed by atoms with Gasteiger partial charge in [0.2, 0.25) is 0 Å². The summed E-state index contributed by atoms with van der Waals surface area (Å²) in [4.78, 5) is 17.2. The Hall–Kier alpha value is -1.38. The van der Waals surface area contributed by atoms with E-state index in [1.807, 2.05) is 12.1 Å². The van der Waals surface area contributed by atoms with E-state index in [4.69, 9.17) is 0 Å². The van der Waals surface area contributed by atoms with Crippen LogP contribution in [0.25, 0.3) is 0 Å². The van der Waals surface area contributed by atoms with Gasteiger partial charge in [-0.1, -0.05) is 6.07 Å². The fourth-order valence-corrected chi connectivity index (χ4v) is 1.40. The summed E-state index contributed by atoms with van der Waals surface area (Å²) in [6, 6.07) is 3.84. The van der Waals surface area contributed by atoms with E-state index in [2.05, 4.69) is 4.98 Å². The van der Waals surface area contributed by atoms with Gasteiger partial charge < -0.3 is 4.90 Å². The molecule has 2 rings (SSSR count). The second-order valence-electron chi connectivity index (χ2n) is 2.99. The number of carbonyl (C=O) groups excluding carboxylic acids is 1. The number of carbonyl (C=O) groups is 1. The van der Waals surface area contributed by atoms with Crippen molar-refractivity contribution in [3.8, 4) is 0 Å². The van der Waals surface area contributed by atoms with Crippen LogP contribution in [0, 0.1) is 0 Å². The minimum Gasteiger partial charge on any atom is -0.340 e. The van der Waals surface area contributed by atoms with Crippen LogP contribution in [0.3, 0.4) is 0 Å². The molecule has 1 aromatic rings. The molecule has 0 unspecified atom stereocenters. The van der Waals surface area contributed by atoms with Crippen molar-refractivity contribution >= 4 is 5.91 Å². The number of rotatable bonds is 0. The Bertz CT molecular complexity index is 322. The summed E-state index contributed by atoms with van der Waals surface area (Å²) >= 11 is 0. The summed E-state index contributed by atoms with van der Waals surface area (Å²) < 4.78 is 0. The van der Waals surface area contributed by atoms with Crippen molar-refractivity contribution in [1.29, 1.82) is 0 Å². The maximum atomic E-state index is 11.5. The van der Waals surface area contributed by atoms with Crippen molar-refractivity contribution in [3.05, 3.63) is 29.6 Å². The first kappa shape index (κ1) is 7.28. The molecule has 3 nitrogen and oxygen atoms in total. The van der Waals surface area contributed by atoms with E-state index in [1.54, 1.807) is 18.1 Å². The summed E-state index contributed by atoms with van der Waals surface area (Å²) in [5.74, 6) is 0.0388. The summed E-state index contributed by atoms with van der Waals surface area (Å²) in [6.45, 7) is 0.803. The van der Waals surface area contributed by atoms with Gasteiger partial charge in [0, 0.05) is 19.8 Å². The van der Waals surface area contributed by atoms with E-state index < -0.39 is 0 Å². The molecule has 0 aliphatic carbocycles. The van der Waals surface area contributed by atoms with Gasteiger partial charge in [0.1, 0.15) is 5.69 Å². The maximum Gasteiger partial charge on any atom is 0.272 e. The molecule has 12 heavy (non-hydrogen) atoms. The zero-order valence-corrected chi connectivity index (χ0v) is 6.95. The van der Waals surface area contributed by atoms with Crippen LogP contribution in [0.4, 0.5) is 0 Å². The Morgan fingerprint density at radius 2 is 2.42 bits per heavy atom. The topological polar surface area (TPSA) is 33.2 Å². The Balaban J connectivity index is 2.49. The highest BCUT2D eigenvalue weighted by molar-refractivity contribution is 5.94. The van der Waals surface area contributed by atoms with Gasteiger partial charge in [-0.2, -0.15) is 0 Å². The van der Waals surface area contributed by atoms with Crippen molar-refractivity contribution in [2.75, 3.05) is 13.6 Å². The first-order valence-electron chi connectivity index (χ1n) is 3.98. The van der Waals surface area contributed by atoms with E-state index in [0.717, 1.165) is 18.5 Å². The predicted octanol–water partition coefficient (Wildman–Crippen LogP) is 0.710. The molecule has 0 radical (unpaired) electrons. The molecular weight excluding hydrogens is 152 g/mol. The minimum absolute atomic E-state index is 0.0388. The third-order valence-corrected chi connectivity index (χ3v) is 2.16. The van der Waals surface area contributed by atoms with Gasteiger partial charge in [0.25, 0.3) is 5.91 Å². The van der Waals surface area contributed by atoms with Gasteiger partial charge in [-0.05, 0) is 18.1 Å². The zero-order chi connectivity index (χ0) is 8.55. The molecule has 0 atom stereocenters. The van der Waals surface area contributed by atoms with Crippen LogP contribution < -0.4 is 0 Å². The Morgan fingerprint density at radius 3 is 3.25 bits per heavy atom. The molecule has 1 amide bonds. The Kier molecular flexibility index (Phi) is 1.57. The molecule has 0 aromatic carbocycles. The number of amides is 1. The van der Waals surface area contributed by atoms with E-state index >= 15 is 0 Å². The first-order chi connectivity index (χ1) is 5.79. The molecule has 1 aliphatic rings. The second-order valence-corrected chi connectivity index (χ2v) is 2.99. The number of likely N-dealkylation sites (N-methyl/N-ethyl adjacent to an activating group) is 1. The van der Waals surface area contributed by atoms with E-state index in [-0.39, 0.29) is 5.91 Å². The van der Waals surface area contributed by atoms with Crippen LogP contribution >= 0.6 is 0 Å². The number of pyridine rings is 1. The third kappa shape index (κ3) is 0.978. The predicted molar refractivity (Wildman–Crippen MR) is 44.9 cm³/mol. The zero-order valence-electron chi connectivity index (χ0n) is 6.95. The second kappa shape index (κ2) is 2.59. The van der Waals surface area contributed by atoms with E-state index in [0.29, 0.717) is 5.69 Å². The van der Waals surface area contributed by atoms with E-state index in [1.165, 1.54) is 0 Å². The summed E-state index contributed by atoms with van der Waals surface area (Å²) in [5, 5.41) is 0. The molecular formula is C9H10N2O. The minimum atomic E-state index is 0.0388. The fraction of sp³-hybridized carbons (Fsp3) is 0.333. The average Bonchev–Trinajstić information content (AvgIpc) is 2.12. The molecule has 0 N–H and O–H groups in total. The average molecular weight is 162 g/mol. The van der Waals surface area contributed by atoms with Crippen LogP contribution in [-0.2, 0) is 6.42 Å². The molecule has 2 heterocycles. The van der Waals surface area contributed by atoms with Crippen LogP contribution in [0.15, 0.2) is 18.3 Å². The van der Waals surface area contributed by atoms with Gasteiger partial charge in [0.15, 0.2) is 0 Å². The van der Waals surface area contributed by atoms with E-state index in [9.17, 15) is 4.79 Å². The standard InChI is InChI=1S/C9H10N2O/c1-11-6-4-7-3-2-5-10-8(7)9(11)12/h2-3,5H,4,6H2,1H3. The monoisotopic (exact) mass is 162 g/mol. The molecule has 0 fully saturated rings. The lowest BCUT2D eigenvalue weighted by atomic mass is 10.1. The lowest BCUT2D eigenvalue weighted by Crippen LogP contribution is -2.34. The molecule has 0 spiro atoms. The van der Waals surface area contributed by atoms with Crippen molar-refractivity contribution in [2.45, 2.75) is 6.42 Å². The highest BCUT2D eigenvalue weighted by atomic mass is 16.2. The molecule has 62 valence electrons. The molecule has 0 saturated carbocycles. The van der Waals surface area contributed by atoms with Gasteiger partial charge >= 0.3 is 0 Å². The molecule has 0 saturated heterocycles. The highest BCUT2D eigenvalue weighted by Gasteiger charge is 2.21. The molecule has 1 aromatic heterocycles. The largest absolute Gasteiger partial charge is 0.340 e. The lowest BCUT2D eigenvalue weighted by Gasteiger charge is -2.23. The summed E-state index contributed by atoms with van der Waals surface area (Å²) in [7, 11) is 1.81. The van der Waals surface area contributed by atoms with Crippen LogP contribution in [0.2, 0.25) is 0 Å². The first-order valence-corrected chi connectivity index (χ1v) is 3.98. The molecule has 0 bridgehead atoms.